The van der Waals surface area contributed by atoms with Gasteiger partial charge in [0.2, 0.25) is 5.72 Å². The number of Topliss-reactive ketones (excluding diaryl/α,β-unsaturated/α-hetero) is 1. The molecule has 1 saturated carbocycles. The number of aliphatic hydroxyl groups excluding tert-OH is 2. The number of nitrogen functional groups attached to an aromatic ring is 1. The number of aromatic nitrogens is 4. The third-order valence-electron chi connectivity index (χ3n) is 5.55. The van der Waals surface area contributed by atoms with Gasteiger partial charge in [-0.15, -0.1) is 0 Å². The average Bonchev–Trinajstić information content (AvgIpc) is 3.24. The number of hydrogen-bond donors (Lipinski definition) is 3. The van der Waals surface area contributed by atoms with Crippen LogP contribution in [-0.2, 0) is 15.3 Å². The molecule has 0 amide bonds. The van der Waals surface area contributed by atoms with Crippen LogP contribution in [-0.4, -0.2) is 54.3 Å². The maximum Gasteiger partial charge on any atom is 0.210 e. The van der Waals surface area contributed by atoms with Crippen LogP contribution < -0.4 is 5.73 Å². The summed E-state index contributed by atoms with van der Waals surface area (Å²) in [4.78, 5) is 25.9. The highest BCUT2D eigenvalue weighted by Crippen LogP contribution is 2.42. The van der Waals surface area contributed by atoms with E-state index >= 15 is 0 Å². The van der Waals surface area contributed by atoms with E-state index < -0.39 is 17.9 Å². The van der Waals surface area contributed by atoms with Crippen molar-refractivity contribution in [2.45, 2.75) is 56.5 Å². The van der Waals surface area contributed by atoms with E-state index in [-0.39, 0.29) is 30.5 Å². The van der Waals surface area contributed by atoms with Crippen LogP contribution in [0, 0.1) is 5.92 Å². The van der Waals surface area contributed by atoms with Crippen LogP contribution in [0.15, 0.2) is 12.7 Å². The molecule has 0 radical (unpaired) electrons. The van der Waals surface area contributed by atoms with Crippen LogP contribution in [0.4, 0.5) is 5.82 Å². The summed E-state index contributed by atoms with van der Waals surface area (Å²) >= 11 is 0. The summed E-state index contributed by atoms with van der Waals surface area (Å²) in [6.07, 6.45) is 5.74. The normalized spacial score (nSPS) is 30.1. The van der Waals surface area contributed by atoms with Crippen molar-refractivity contribution >= 4 is 22.8 Å². The lowest BCUT2D eigenvalue weighted by atomic mass is 9.81. The smallest absolute Gasteiger partial charge is 0.210 e. The number of fused-ring (bicyclic) bond motifs is 1. The van der Waals surface area contributed by atoms with Crippen LogP contribution in [0.1, 0.15) is 38.5 Å². The maximum atomic E-state index is 13.5. The lowest BCUT2D eigenvalue weighted by Crippen LogP contribution is -2.46. The first-order valence-corrected chi connectivity index (χ1v) is 9.02. The Morgan fingerprint density at radius 1 is 1.31 bits per heavy atom. The fourth-order valence-electron chi connectivity index (χ4n) is 4.18. The zero-order chi connectivity index (χ0) is 18.3. The van der Waals surface area contributed by atoms with Gasteiger partial charge in [-0.1, -0.05) is 19.3 Å². The summed E-state index contributed by atoms with van der Waals surface area (Å²) in [6, 6.07) is 0. The van der Waals surface area contributed by atoms with Crippen LogP contribution in [0.3, 0.4) is 0 Å². The molecule has 0 unspecified atom stereocenters. The number of hydrogen-bond acceptors (Lipinski definition) is 8. The molecule has 0 spiro atoms. The summed E-state index contributed by atoms with van der Waals surface area (Å²) in [7, 11) is 0. The van der Waals surface area contributed by atoms with Crippen LogP contribution in [0.25, 0.3) is 11.2 Å². The van der Waals surface area contributed by atoms with Gasteiger partial charge < -0.3 is 20.7 Å². The van der Waals surface area contributed by atoms with Crippen molar-refractivity contribution in [2.24, 2.45) is 5.92 Å². The predicted octanol–water partition coefficient (Wildman–Crippen LogP) is 0.353. The molecule has 0 aromatic carbocycles. The van der Waals surface area contributed by atoms with Crippen LogP contribution in [0.5, 0.6) is 0 Å². The minimum Gasteiger partial charge on any atom is -0.394 e. The second-order valence-corrected chi connectivity index (χ2v) is 7.14. The minimum absolute atomic E-state index is 0.0446. The van der Waals surface area contributed by atoms with E-state index in [0.717, 1.165) is 32.1 Å². The SMILES string of the molecule is Nc1ncnc2c1ncn2[C@@]1(C(=O)C2CCCCC2)C[C@H](O)[C@@H](CO)O1. The molecule has 4 N–H and O–H groups in total. The molecule has 3 atom stereocenters. The number of aliphatic hydroxyl groups is 2. The minimum atomic E-state index is -1.44. The number of carbonyl (C=O) groups is 1. The fourth-order valence-corrected chi connectivity index (χ4v) is 4.18. The fraction of sp³-hybridized carbons (Fsp3) is 0.647. The quantitative estimate of drug-likeness (QED) is 0.710. The van der Waals surface area contributed by atoms with E-state index in [1.54, 1.807) is 4.57 Å². The number of ketones is 1. The third kappa shape index (κ3) is 2.58. The van der Waals surface area contributed by atoms with Gasteiger partial charge in [-0.3, -0.25) is 9.36 Å². The van der Waals surface area contributed by atoms with E-state index in [0.29, 0.717) is 11.2 Å². The lowest BCUT2D eigenvalue weighted by Gasteiger charge is -2.34. The Balaban J connectivity index is 1.83. The molecule has 3 heterocycles. The van der Waals surface area contributed by atoms with Crippen molar-refractivity contribution in [3.05, 3.63) is 12.7 Å². The molecular weight excluding hydrogens is 338 g/mol. The standard InChI is InChI=1S/C17H23N5O4/c18-15-13-16(20-8-19-15)22(9-21-13)17(6-11(24)12(7-23)26-17)14(25)10-4-2-1-3-5-10/h8-12,23-24H,1-7H2,(H2,18,19,20)/t11-,12+,17-/m0/s1. The van der Waals surface area contributed by atoms with E-state index in [2.05, 4.69) is 15.0 Å². The van der Waals surface area contributed by atoms with E-state index in [4.69, 9.17) is 10.5 Å². The molecule has 26 heavy (non-hydrogen) atoms. The average molecular weight is 361 g/mol. The summed E-state index contributed by atoms with van der Waals surface area (Å²) in [5.74, 6) is -0.0278. The van der Waals surface area contributed by atoms with Gasteiger partial charge in [0.15, 0.2) is 17.2 Å². The number of rotatable bonds is 4. The van der Waals surface area contributed by atoms with Gasteiger partial charge in [0.25, 0.3) is 0 Å². The van der Waals surface area contributed by atoms with Gasteiger partial charge in [0, 0.05) is 12.3 Å². The Kier molecular flexibility index (Phi) is 4.37. The van der Waals surface area contributed by atoms with Crippen molar-refractivity contribution in [1.29, 1.82) is 0 Å². The topological polar surface area (TPSA) is 136 Å². The summed E-state index contributed by atoms with van der Waals surface area (Å²) in [5, 5.41) is 19.9. The van der Waals surface area contributed by atoms with Crippen molar-refractivity contribution in [3.8, 4) is 0 Å². The molecule has 140 valence electrons. The molecule has 1 aliphatic heterocycles. The molecule has 1 aliphatic carbocycles. The molecule has 9 nitrogen and oxygen atoms in total. The summed E-state index contributed by atoms with van der Waals surface area (Å²) in [6.45, 7) is -0.370. The first kappa shape index (κ1) is 17.3. The Hall–Kier alpha value is -2.10. The summed E-state index contributed by atoms with van der Waals surface area (Å²) < 4.78 is 7.54. The molecule has 2 fully saturated rings. The second kappa shape index (κ2) is 6.57. The molecule has 2 aliphatic rings. The maximum absolute atomic E-state index is 13.5. The van der Waals surface area contributed by atoms with Crippen molar-refractivity contribution in [1.82, 2.24) is 19.5 Å². The van der Waals surface area contributed by atoms with Crippen molar-refractivity contribution in [2.75, 3.05) is 12.3 Å². The largest absolute Gasteiger partial charge is 0.394 e. The highest BCUT2D eigenvalue weighted by molar-refractivity contribution is 5.90. The monoisotopic (exact) mass is 361 g/mol. The van der Waals surface area contributed by atoms with Crippen molar-refractivity contribution < 1.29 is 19.7 Å². The highest BCUT2D eigenvalue weighted by atomic mass is 16.6. The van der Waals surface area contributed by atoms with Crippen molar-refractivity contribution in [3.63, 3.8) is 0 Å². The lowest BCUT2D eigenvalue weighted by molar-refractivity contribution is -0.166. The Morgan fingerprint density at radius 2 is 2.08 bits per heavy atom. The Bertz CT molecular complexity index is 819. The first-order valence-electron chi connectivity index (χ1n) is 9.02. The number of imidazole rings is 1. The number of nitrogens with two attached hydrogens (primary N) is 1. The molecule has 9 heteroatoms. The van der Waals surface area contributed by atoms with Gasteiger partial charge in [-0.25, -0.2) is 15.0 Å². The molecule has 4 rings (SSSR count). The molecule has 2 aromatic heterocycles. The van der Waals surface area contributed by atoms with Gasteiger partial charge >= 0.3 is 0 Å². The van der Waals surface area contributed by atoms with Gasteiger partial charge in [0.1, 0.15) is 17.9 Å². The number of nitrogens with zero attached hydrogens (tertiary/aromatic N) is 4. The Morgan fingerprint density at radius 3 is 2.77 bits per heavy atom. The van der Waals surface area contributed by atoms with Gasteiger partial charge in [-0.05, 0) is 12.8 Å². The highest BCUT2D eigenvalue weighted by Gasteiger charge is 2.54. The zero-order valence-electron chi connectivity index (χ0n) is 14.4. The molecule has 2 aromatic rings. The van der Waals surface area contributed by atoms with E-state index in [1.165, 1.54) is 12.7 Å². The number of anilines is 1. The second-order valence-electron chi connectivity index (χ2n) is 7.14. The van der Waals surface area contributed by atoms with E-state index in [9.17, 15) is 15.0 Å². The van der Waals surface area contributed by atoms with E-state index in [1.807, 2.05) is 0 Å². The number of carbonyl (C=O) groups excluding carboxylic acids is 1. The number of ether oxygens (including phenoxy) is 1. The zero-order valence-corrected chi connectivity index (χ0v) is 14.4. The van der Waals surface area contributed by atoms with Gasteiger partial charge in [0.05, 0.1) is 19.0 Å². The summed E-state index contributed by atoms with van der Waals surface area (Å²) in [5.41, 5.74) is 5.19. The Labute approximate surface area is 150 Å². The molecule has 1 saturated heterocycles. The molecule has 0 bridgehead atoms. The van der Waals surface area contributed by atoms with Crippen LogP contribution in [0.2, 0.25) is 0 Å². The predicted molar refractivity (Wildman–Crippen MR) is 91.9 cm³/mol. The first-order chi connectivity index (χ1) is 12.6. The molecular formula is C17H23N5O4. The van der Waals surface area contributed by atoms with Crippen LogP contribution >= 0.6 is 0 Å². The van der Waals surface area contributed by atoms with Gasteiger partial charge in [-0.2, -0.15) is 0 Å². The third-order valence-corrected chi connectivity index (χ3v) is 5.55.